The van der Waals surface area contributed by atoms with Gasteiger partial charge in [0.05, 0.1) is 31.6 Å². The number of benzene rings is 3. The quantitative estimate of drug-likeness (QED) is 0.291. The number of phenols is 1. The van der Waals surface area contributed by atoms with Crippen molar-refractivity contribution in [2.24, 2.45) is 5.14 Å². The SMILES string of the molecule is NS(=O)(=O)c1cccc([N+](=O)[O-])c1-c1nc2ccccc2nc1Nc1cc(O)ccc1Cl. The molecule has 1 heterocycles. The predicted octanol–water partition coefficient (Wildman–Crippen LogP) is 3.96. The Labute approximate surface area is 186 Å². The Hall–Kier alpha value is -3.80. The number of para-hydroxylation sites is 2. The minimum atomic E-state index is -4.36. The summed E-state index contributed by atoms with van der Waals surface area (Å²) < 4.78 is 24.5. The van der Waals surface area contributed by atoms with Crippen molar-refractivity contribution in [2.45, 2.75) is 4.90 Å². The van der Waals surface area contributed by atoms with Crippen LogP contribution in [0.25, 0.3) is 22.3 Å². The smallest absolute Gasteiger partial charge is 0.280 e. The summed E-state index contributed by atoms with van der Waals surface area (Å²) >= 11 is 6.20. The van der Waals surface area contributed by atoms with E-state index in [0.29, 0.717) is 11.0 Å². The molecule has 12 heteroatoms. The van der Waals surface area contributed by atoms with Gasteiger partial charge in [-0.1, -0.05) is 29.8 Å². The van der Waals surface area contributed by atoms with E-state index in [4.69, 9.17) is 16.7 Å². The summed E-state index contributed by atoms with van der Waals surface area (Å²) in [5.74, 6) is -0.112. The van der Waals surface area contributed by atoms with Gasteiger partial charge in [0.25, 0.3) is 5.69 Å². The highest BCUT2D eigenvalue weighted by atomic mass is 35.5. The van der Waals surface area contributed by atoms with E-state index in [-0.39, 0.29) is 33.5 Å². The zero-order valence-electron chi connectivity index (χ0n) is 16.1. The van der Waals surface area contributed by atoms with Crippen molar-refractivity contribution in [2.75, 3.05) is 5.32 Å². The third kappa shape index (κ3) is 4.04. The van der Waals surface area contributed by atoms with E-state index in [1.807, 2.05) is 0 Å². The Morgan fingerprint density at radius 2 is 1.72 bits per heavy atom. The van der Waals surface area contributed by atoms with E-state index >= 15 is 0 Å². The second-order valence-electron chi connectivity index (χ2n) is 6.65. The van der Waals surface area contributed by atoms with E-state index in [2.05, 4.69) is 15.3 Å². The van der Waals surface area contributed by atoms with Crippen molar-refractivity contribution in [3.63, 3.8) is 0 Å². The fourth-order valence-electron chi connectivity index (χ4n) is 3.14. The van der Waals surface area contributed by atoms with Crippen LogP contribution in [0.1, 0.15) is 0 Å². The Bertz CT molecular complexity index is 1490. The lowest BCUT2D eigenvalue weighted by atomic mass is 10.1. The van der Waals surface area contributed by atoms with Gasteiger partial charge in [0.2, 0.25) is 10.0 Å². The lowest BCUT2D eigenvalue weighted by Crippen LogP contribution is -2.15. The van der Waals surface area contributed by atoms with Crippen molar-refractivity contribution < 1.29 is 18.4 Å². The van der Waals surface area contributed by atoms with E-state index in [9.17, 15) is 23.6 Å². The summed E-state index contributed by atoms with van der Waals surface area (Å²) in [6, 6.07) is 14.4. The van der Waals surface area contributed by atoms with Crippen LogP contribution in [0.2, 0.25) is 5.02 Å². The van der Waals surface area contributed by atoms with Crippen LogP contribution in [0.4, 0.5) is 17.2 Å². The predicted molar refractivity (Wildman–Crippen MR) is 119 cm³/mol. The number of nitro groups is 1. The average Bonchev–Trinajstić information content (AvgIpc) is 2.74. The second kappa shape index (κ2) is 8.04. The van der Waals surface area contributed by atoms with Crippen LogP contribution >= 0.6 is 11.6 Å². The van der Waals surface area contributed by atoms with Crippen LogP contribution in [0, 0.1) is 10.1 Å². The van der Waals surface area contributed by atoms with Gasteiger partial charge in [0.1, 0.15) is 17.0 Å². The maximum Gasteiger partial charge on any atom is 0.280 e. The van der Waals surface area contributed by atoms with Crippen molar-refractivity contribution in [1.82, 2.24) is 9.97 Å². The number of nitrogens with two attached hydrogens (primary N) is 1. The number of phenolic OH excluding ortho intramolecular Hbond substituents is 1. The number of halogens is 1. The van der Waals surface area contributed by atoms with E-state index < -0.39 is 25.5 Å². The number of nitrogens with one attached hydrogen (secondary N) is 1. The summed E-state index contributed by atoms with van der Waals surface area (Å²) in [6.45, 7) is 0. The Morgan fingerprint density at radius 3 is 2.38 bits per heavy atom. The highest BCUT2D eigenvalue weighted by Crippen LogP contribution is 2.40. The van der Waals surface area contributed by atoms with Gasteiger partial charge < -0.3 is 10.4 Å². The normalized spacial score (nSPS) is 11.4. The zero-order valence-corrected chi connectivity index (χ0v) is 17.6. The number of fused-ring (bicyclic) bond motifs is 1. The molecule has 4 aromatic rings. The molecule has 4 N–H and O–H groups in total. The Balaban J connectivity index is 2.08. The number of nitro benzene ring substituents is 1. The zero-order chi connectivity index (χ0) is 23.0. The first-order chi connectivity index (χ1) is 15.1. The molecule has 4 rings (SSSR count). The maximum atomic E-state index is 12.3. The highest BCUT2D eigenvalue weighted by molar-refractivity contribution is 7.89. The largest absolute Gasteiger partial charge is 0.508 e. The summed E-state index contributed by atoms with van der Waals surface area (Å²) in [7, 11) is -4.36. The number of hydrogen-bond donors (Lipinski definition) is 3. The number of aromatic hydroxyl groups is 1. The van der Waals surface area contributed by atoms with Gasteiger partial charge in [-0.05, 0) is 30.3 Å². The number of hydrogen-bond acceptors (Lipinski definition) is 8. The molecule has 0 saturated heterocycles. The molecule has 10 nitrogen and oxygen atoms in total. The summed E-state index contributed by atoms with van der Waals surface area (Å²) in [5.41, 5.74) is 0.0650. The van der Waals surface area contributed by atoms with Gasteiger partial charge >= 0.3 is 0 Å². The molecule has 0 amide bonds. The molecular formula is C20H14ClN5O5S. The summed E-state index contributed by atoms with van der Waals surface area (Å²) in [6.07, 6.45) is 0. The monoisotopic (exact) mass is 471 g/mol. The first-order valence-corrected chi connectivity index (χ1v) is 10.9. The fraction of sp³-hybridized carbons (Fsp3) is 0. The minimum absolute atomic E-state index is 0.0181. The van der Waals surface area contributed by atoms with Crippen LogP contribution in [0.3, 0.4) is 0 Å². The number of aromatic nitrogens is 2. The maximum absolute atomic E-state index is 12.3. The van der Waals surface area contributed by atoms with Gasteiger partial charge in [-0.25, -0.2) is 23.5 Å². The topological polar surface area (TPSA) is 161 Å². The summed E-state index contributed by atoms with van der Waals surface area (Å²) in [4.78, 5) is 19.5. The third-order valence-electron chi connectivity index (χ3n) is 4.52. The van der Waals surface area contributed by atoms with Crippen LogP contribution in [-0.2, 0) is 10.0 Å². The van der Waals surface area contributed by atoms with Crippen molar-refractivity contribution >= 4 is 49.9 Å². The van der Waals surface area contributed by atoms with E-state index in [1.165, 1.54) is 24.3 Å². The number of sulfonamides is 1. The van der Waals surface area contributed by atoms with Crippen molar-refractivity contribution in [3.05, 3.63) is 75.8 Å². The van der Waals surface area contributed by atoms with Gasteiger partial charge in [-0.2, -0.15) is 0 Å². The molecule has 0 saturated carbocycles. The molecule has 0 aliphatic carbocycles. The molecule has 0 spiro atoms. The number of anilines is 2. The van der Waals surface area contributed by atoms with E-state index in [1.54, 1.807) is 24.3 Å². The lowest BCUT2D eigenvalue weighted by Gasteiger charge is -2.15. The standard InChI is InChI=1S/C20H14ClN5O5S/c21-12-9-8-11(27)10-15(12)25-20-19(23-13-4-1-2-5-14(13)24-20)18-16(26(28)29)6-3-7-17(18)32(22,30)31/h1-10,27H,(H,24,25)(H2,22,30,31). The van der Waals surface area contributed by atoms with Gasteiger partial charge in [0.15, 0.2) is 5.82 Å². The number of rotatable bonds is 5. The molecule has 0 fully saturated rings. The van der Waals surface area contributed by atoms with Crippen molar-refractivity contribution in [3.8, 4) is 17.0 Å². The third-order valence-corrected chi connectivity index (χ3v) is 5.80. The van der Waals surface area contributed by atoms with Crippen molar-refractivity contribution in [1.29, 1.82) is 0 Å². The first-order valence-electron chi connectivity index (χ1n) is 8.98. The van der Waals surface area contributed by atoms with Gasteiger partial charge in [-0.15, -0.1) is 0 Å². The second-order valence-corrected chi connectivity index (χ2v) is 8.59. The molecule has 32 heavy (non-hydrogen) atoms. The van der Waals surface area contributed by atoms with Crippen LogP contribution < -0.4 is 10.5 Å². The molecule has 0 aliphatic rings. The first kappa shape index (κ1) is 21.4. The highest BCUT2D eigenvalue weighted by Gasteiger charge is 2.29. The van der Waals surface area contributed by atoms with Crippen LogP contribution in [-0.4, -0.2) is 28.4 Å². The van der Waals surface area contributed by atoms with E-state index in [0.717, 1.165) is 12.1 Å². The molecular weight excluding hydrogens is 458 g/mol. The Kier molecular flexibility index (Phi) is 5.38. The van der Waals surface area contributed by atoms with Gasteiger partial charge in [0, 0.05) is 12.1 Å². The molecule has 0 atom stereocenters. The molecule has 0 aliphatic heterocycles. The molecule has 162 valence electrons. The number of nitrogens with zero attached hydrogens (tertiary/aromatic N) is 3. The molecule has 0 radical (unpaired) electrons. The lowest BCUT2D eigenvalue weighted by molar-refractivity contribution is -0.384. The van der Waals surface area contributed by atoms with Crippen LogP contribution in [0.15, 0.2) is 65.6 Å². The average molecular weight is 472 g/mol. The molecule has 3 aromatic carbocycles. The van der Waals surface area contributed by atoms with Crippen LogP contribution in [0.5, 0.6) is 5.75 Å². The Morgan fingerprint density at radius 1 is 1.03 bits per heavy atom. The summed E-state index contributed by atoms with van der Waals surface area (Å²) in [5, 5.41) is 30.0. The van der Waals surface area contributed by atoms with Gasteiger partial charge in [-0.3, -0.25) is 10.1 Å². The molecule has 1 aromatic heterocycles. The molecule has 0 bridgehead atoms. The number of primary sulfonamides is 1. The minimum Gasteiger partial charge on any atom is -0.508 e. The molecule has 0 unspecified atom stereocenters. The fourth-order valence-corrected chi connectivity index (χ4v) is 4.06.